The molecule has 0 aliphatic rings. The van der Waals surface area contributed by atoms with Crippen LogP contribution in [0.15, 0.2) is 126 Å². The number of aromatic nitrogens is 1. The Morgan fingerprint density at radius 3 is 1.59 bits per heavy atom. The van der Waals surface area contributed by atoms with E-state index >= 15 is 0 Å². The van der Waals surface area contributed by atoms with Crippen LogP contribution in [0.3, 0.4) is 0 Å². The molecule has 1 aromatic heterocycles. The van der Waals surface area contributed by atoms with Gasteiger partial charge in [0.1, 0.15) is 7.05 Å². The molecule has 5 aromatic rings. The SMILES string of the molecule is C[n+]1ccccc1-c1c(-c2ccccc2)cc(-c2ccc(Br)cc2)cc1-c1ccccc1. The number of halogens is 1. The molecule has 0 saturated carbocycles. The first-order valence-electron chi connectivity index (χ1n) is 10.7. The molecule has 1 heterocycles. The highest BCUT2D eigenvalue weighted by Gasteiger charge is 2.22. The highest BCUT2D eigenvalue weighted by molar-refractivity contribution is 9.10. The molecule has 0 radical (unpaired) electrons. The molecule has 0 spiro atoms. The minimum Gasteiger partial charge on any atom is -0.201 e. The van der Waals surface area contributed by atoms with Crippen molar-refractivity contribution < 1.29 is 4.57 Å². The van der Waals surface area contributed by atoms with E-state index in [9.17, 15) is 0 Å². The van der Waals surface area contributed by atoms with Crippen LogP contribution < -0.4 is 4.57 Å². The Morgan fingerprint density at radius 1 is 0.531 bits per heavy atom. The Morgan fingerprint density at radius 2 is 1.06 bits per heavy atom. The van der Waals surface area contributed by atoms with Gasteiger partial charge in [0.05, 0.1) is 5.56 Å². The number of hydrogen-bond acceptors (Lipinski definition) is 0. The van der Waals surface area contributed by atoms with Crippen LogP contribution >= 0.6 is 15.9 Å². The smallest absolute Gasteiger partial charge is 0.201 e. The molecule has 0 fully saturated rings. The van der Waals surface area contributed by atoms with Crippen LogP contribution in [-0.4, -0.2) is 0 Å². The number of aryl methyl sites for hydroxylation is 1. The first-order valence-corrected chi connectivity index (χ1v) is 11.5. The molecule has 0 amide bonds. The first kappa shape index (κ1) is 20.4. The predicted molar refractivity (Wildman–Crippen MR) is 137 cm³/mol. The van der Waals surface area contributed by atoms with Crippen LogP contribution in [0.2, 0.25) is 0 Å². The van der Waals surface area contributed by atoms with Gasteiger partial charge in [-0.05, 0) is 63.7 Å². The average Bonchev–Trinajstić information content (AvgIpc) is 2.85. The molecule has 4 aromatic carbocycles. The Labute approximate surface area is 197 Å². The second-order valence-corrected chi connectivity index (χ2v) is 8.80. The van der Waals surface area contributed by atoms with Gasteiger partial charge in [-0.3, -0.25) is 0 Å². The lowest BCUT2D eigenvalue weighted by atomic mass is 9.86. The molecular formula is C30H23BrN+. The summed E-state index contributed by atoms with van der Waals surface area (Å²) >= 11 is 3.57. The number of benzene rings is 4. The van der Waals surface area contributed by atoms with Gasteiger partial charge in [0.2, 0.25) is 5.69 Å². The lowest BCUT2D eigenvalue weighted by Gasteiger charge is -2.17. The predicted octanol–water partition coefficient (Wildman–Crippen LogP) is 7.94. The third kappa shape index (κ3) is 4.02. The minimum atomic E-state index is 1.08. The fourth-order valence-corrected chi connectivity index (χ4v) is 4.47. The average molecular weight is 477 g/mol. The Kier molecular flexibility index (Phi) is 5.70. The van der Waals surface area contributed by atoms with Gasteiger partial charge >= 0.3 is 0 Å². The summed E-state index contributed by atoms with van der Waals surface area (Å²) in [5, 5.41) is 0. The van der Waals surface area contributed by atoms with Crippen LogP contribution in [0, 0.1) is 0 Å². The van der Waals surface area contributed by atoms with E-state index in [0.29, 0.717) is 0 Å². The van der Waals surface area contributed by atoms with E-state index in [2.05, 4.69) is 149 Å². The van der Waals surface area contributed by atoms with Gasteiger partial charge in [-0.15, -0.1) is 0 Å². The highest BCUT2D eigenvalue weighted by Crippen LogP contribution is 2.42. The lowest BCUT2D eigenvalue weighted by molar-refractivity contribution is -0.660. The quantitative estimate of drug-likeness (QED) is 0.231. The van der Waals surface area contributed by atoms with E-state index in [0.717, 1.165) is 4.47 Å². The summed E-state index contributed by atoms with van der Waals surface area (Å²) in [7, 11) is 2.11. The zero-order valence-electron chi connectivity index (χ0n) is 17.9. The van der Waals surface area contributed by atoms with Crippen LogP contribution in [-0.2, 0) is 7.05 Å². The van der Waals surface area contributed by atoms with Gasteiger partial charge in [0.15, 0.2) is 6.20 Å². The zero-order valence-corrected chi connectivity index (χ0v) is 19.5. The molecule has 32 heavy (non-hydrogen) atoms. The van der Waals surface area contributed by atoms with Crippen LogP contribution in [0.25, 0.3) is 44.6 Å². The van der Waals surface area contributed by atoms with Crippen molar-refractivity contribution in [3.05, 3.63) is 126 Å². The summed E-state index contributed by atoms with van der Waals surface area (Å²) in [5.41, 5.74) is 9.71. The minimum absolute atomic E-state index is 1.08. The van der Waals surface area contributed by atoms with Crippen molar-refractivity contribution in [2.75, 3.05) is 0 Å². The van der Waals surface area contributed by atoms with Crippen molar-refractivity contribution in [1.82, 2.24) is 0 Å². The molecule has 0 N–H and O–H groups in total. The number of nitrogens with zero attached hydrogens (tertiary/aromatic N) is 1. The van der Waals surface area contributed by atoms with E-state index in [1.54, 1.807) is 0 Å². The van der Waals surface area contributed by atoms with Gasteiger partial charge in [-0.25, -0.2) is 4.57 Å². The molecular weight excluding hydrogens is 454 g/mol. The van der Waals surface area contributed by atoms with Crippen LogP contribution in [0.1, 0.15) is 0 Å². The molecule has 1 nitrogen and oxygen atoms in total. The van der Waals surface area contributed by atoms with Gasteiger partial charge in [0, 0.05) is 16.6 Å². The summed E-state index contributed by atoms with van der Waals surface area (Å²) in [6, 6.07) is 41.0. The van der Waals surface area contributed by atoms with Crippen molar-refractivity contribution >= 4 is 15.9 Å². The summed E-state index contributed by atoms with van der Waals surface area (Å²) in [6.45, 7) is 0. The maximum atomic E-state index is 3.57. The van der Waals surface area contributed by atoms with E-state index in [-0.39, 0.29) is 0 Å². The van der Waals surface area contributed by atoms with Crippen LogP contribution in [0.4, 0.5) is 0 Å². The van der Waals surface area contributed by atoms with Gasteiger partial charge in [0.25, 0.3) is 0 Å². The fraction of sp³-hybridized carbons (Fsp3) is 0.0333. The molecule has 0 unspecified atom stereocenters. The second-order valence-electron chi connectivity index (χ2n) is 7.88. The first-order chi connectivity index (χ1) is 15.7. The summed E-state index contributed by atoms with van der Waals surface area (Å²) in [4.78, 5) is 0. The fourth-order valence-electron chi connectivity index (χ4n) is 4.20. The maximum absolute atomic E-state index is 3.57. The third-order valence-corrected chi connectivity index (χ3v) is 6.33. The number of hydrogen-bond donors (Lipinski definition) is 0. The number of rotatable bonds is 4. The van der Waals surface area contributed by atoms with E-state index < -0.39 is 0 Å². The maximum Gasteiger partial charge on any atom is 0.213 e. The second kappa shape index (κ2) is 8.94. The Bertz CT molecular complexity index is 1300. The monoisotopic (exact) mass is 476 g/mol. The summed E-state index contributed by atoms with van der Waals surface area (Å²) in [6.07, 6.45) is 2.11. The molecule has 0 aliphatic carbocycles. The summed E-state index contributed by atoms with van der Waals surface area (Å²) in [5.74, 6) is 0. The number of pyridine rings is 1. The standard InChI is InChI=1S/C30H23BrN/c1-32-19-9-8-14-29(32)30-27(23-10-4-2-5-11-23)20-25(22-15-17-26(31)18-16-22)21-28(30)24-12-6-3-7-13-24/h2-21H,1H3/q+1. The van der Waals surface area contributed by atoms with Crippen LogP contribution in [0.5, 0.6) is 0 Å². The molecule has 0 atom stereocenters. The molecule has 0 aliphatic heterocycles. The van der Waals surface area contributed by atoms with Crippen molar-refractivity contribution in [3.63, 3.8) is 0 Å². The van der Waals surface area contributed by atoms with Crippen molar-refractivity contribution in [2.45, 2.75) is 0 Å². The van der Waals surface area contributed by atoms with Crippen molar-refractivity contribution in [3.8, 4) is 44.6 Å². The lowest BCUT2D eigenvalue weighted by Crippen LogP contribution is -2.30. The van der Waals surface area contributed by atoms with E-state index in [1.165, 1.54) is 44.6 Å². The molecule has 0 bridgehead atoms. The van der Waals surface area contributed by atoms with Crippen molar-refractivity contribution in [1.29, 1.82) is 0 Å². The highest BCUT2D eigenvalue weighted by atomic mass is 79.9. The largest absolute Gasteiger partial charge is 0.213 e. The van der Waals surface area contributed by atoms with Gasteiger partial charge < -0.3 is 0 Å². The van der Waals surface area contributed by atoms with Gasteiger partial charge in [-0.2, -0.15) is 0 Å². The zero-order chi connectivity index (χ0) is 21.9. The van der Waals surface area contributed by atoms with E-state index in [4.69, 9.17) is 0 Å². The molecule has 2 heteroatoms. The normalized spacial score (nSPS) is 10.8. The summed E-state index contributed by atoms with van der Waals surface area (Å²) < 4.78 is 3.29. The topological polar surface area (TPSA) is 3.88 Å². The molecule has 154 valence electrons. The van der Waals surface area contributed by atoms with E-state index in [1.807, 2.05) is 0 Å². The Balaban J connectivity index is 1.89. The van der Waals surface area contributed by atoms with Crippen molar-refractivity contribution in [2.24, 2.45) is 7.05 Å². The van der Waals surface area contributed by atoms with Gasteiger partial charge in [-0.1, -0.05) is 88.7 Å². The molecule has 0 saturated heterocycles. The molecule has 5 rings (SSSR count). The third-order valence-electron chi connectivity index (χ3n) is 5.80. The Hall–Kier alpha value is -3.49.